The first kappa shape index (κ1) is 14.2. The summed E-state index contributed by atoms with van der Waals surface area (Å²) < 4.78 is 14.6. The fraction of sp³-hybridized carbons (Fsp3) is 0. The van der Waals surface area contributed by atoms with Crippen molar-refractivity contribution in [3.05, 3.63) is 70.7 Å². The second-order valence-electron chi connectivity index (χ2n) is 4.50. The highest BCUT2D eigenvalue weighted by Crippen LogP contribution is 2.15. The van der Waals surface area contributed by atoms with E-state index in [1.807, 2.05) is 30.3 Å². The van der Waals surface area contributed by atoms with Crippen LogP contribution >= 0.6 is 12.2 Å². The number of aromatic amines is 1. The predicted molar refractivity (Wildman–Crippen MR) is 82.9 cm³/mol. The summed E-state index contributed by atoms with van der Waals surface area (Å²) in [5.74, 6) is -0.322. The molecule has 1 heterocycles. The number of carbonyl (C=O) groups excluding carboxylic acids is 1. The van der Waals surface area contributed by atoms with E-state index in [4.69, 9.17) is 12.2 Å². The molecule has 0 unspecified atom stereocenters. The van der Waals surface area contributed by atoms with E-state index in [-0.39, 0.29) is 4.77 Å². The molecular formula is C15H11FN4OS. The summed E-state index contributed by atoms with van der Waals surface area (Å²) in [6.45, 7) is 0. The van der Waals surface area contributed by atoms with E-state index in [1.54, 1.807) is 0 Å². The molecule has 7 heteroatoms. The molecule has 2 N–H and O–H groups in total. The Bertz CT molecular complexity index is 855. The fourth-order valence-electron chi connectivity index (χ4n) is 1.95. The summed E-state index contributed by atoms with van der Waals surface area (Å²) in [6.07, 6.45) is 0. The lowest BCUT2D eigenvalue weighted by Gasteiger charge is -2.08. The van der Waals surface area contributed by atoms with Gasteiger partial charge < -0.3 is 0 Å². The van der Waals surface area contributed by atoms with Gasteiger partial charge in [0.1, 0.15) is 5.82 Å². The van der Waals surface area contributed by atoms with Crippen molar-refractivity contribution in [2.45, 2.75) is 0 Å². The van der Waals surface area contributed by atoms with Crippen molar-refractivity contribution in [1.29, 1.82) is 0 Å². The van der Waals surface area contributed by atoms with Gasteiger partial charge in [-0.1, -0.05) is 30.3 Å². The molecule has 2 aromatic carbocycles. The number of hydrogen-bond donors (Lipinski definition) is 2. The fourth-order valence-corrected chi connectivity index (χ4v) is 2.13. The normalized spacial score (nSPS) is 10.4. The molecule has 0 aliphatic rings. The molecule has 110 valence electrons. The monoisotopic (exact) mass is 314 g/mol. The molecule has 0 atom stereocenters. The van der Waals surface area contributed by atoms with Crippen LogP contribution in [0.1, 0.15) is 10.4 Å². The Morgan fingerprint density at radius 1 is 1.14 bits per heavy atom. The highest BCUT2D eigenvalue weighted by atomic mass is 32.1. The molecule has 0 bridgehead atoms. The molecule has 0 fully saturated rings. The molecule has 1 amide bonds. The van der Waals surface area contributed by atoms with E-state index in [1.165, 1.54) is 28.9 Å². The van der Waals surface area contributed by atoms with Crippen LogP contribution in [0.5, 0.6) is 0 Å². The molecule has 5 nitrogen and oxygen atoms in total. The summed E-state index contributed by atoms with van der Waals surface area (Å²) >= 11 is 5.13. The lowest BCUT2D eigenvalue weighted by molar-refractivity contribution is 0.101. The molecular weight excluding hydrogens is 303 g/mol. The Morgan fingerprint density at radius 3 is 2.50 bits per heavy atom. The molecule has 22 heavy (non-hydrogen) atoms. The van der Waals surface area contributed by atoms with Gasteiger partial charge in [-0.25, -0.2) is 14.2 Å². The van der Waals surface area contributed by atoms with E-state index in [9.17, 15) is 9.18 Å². The van der Waals surface area contributed by atoms with Crippen molar-refractivity contribution in [1.82, 2.24) is 14.9 Å². The summed E-state index contributed by atoms with van der Waals surface area (Å²) in [5, 5.41) is 6.76. The van der Waals surface area contributed by atoms with Crippen molar-refractivity contribution in [3.8, 4) is 11.4 Å². The second-order valence-corrected chi connectivity index (χ2v) is 4.89. The summed E-state index contributed by atoms with van der Waals surface area (Å²) in [7, 11) is 0. The van der Waals surface area contributed by atoms with Gasteiger partial charge in [0.25, 0.3) is 5.91 Å². The Labute approximate surface area is 130 Å². The number of H-pyrrole nitrogens is 1. The van der Waals surface area contributed by atoms with Crippen LogP contribution < -0.4 is 5.43 Å². The van der Waals surface area contributed by atoms with E-state index in [0.717, 1.165) is 5.56 Å². The number of halogens is 1. The summed E-state index contributed by atoms with van der Waals surface area (Å²) in [4.78, 5) is 12.2. The van der Waals surface area contributed by atoms with Gasteiger partial charge in [0.2, 0.25) is 4.77 Å². The highest BCUT2D eigenvalue weighted by molar-refractivity contribution is 7.71. The number of aromatic nitrogens is 3. The minimum atomic E-state index is -0.408. The number of hydrogen-bond acceptors (Lipinski definition) is 3. The third-order valence-electron chi connectivity index (χ3n) is 3.02. The van der Waals surface area contributed by atoms with E-state index >= 15 is 0 Å². The Kier molecular flexibility index (Phi) is 3.80. The molecule has 0 radical (unpaired) electrons. The van der Waals surface area contributed by atoms with Gasteiger partial charge in [-0.2, -0.15) is 5.10 Å². The molecule has 0 spiro atoms. The lowest BCUT2D eigenvalue weighted by atomic mass is 10.2. The zero-order valence-corrected chi connectivity index (χ0v) is 12.1. The number of rotatable bonds is 3. The first-order valence-corrected chi connectivity index (χ1v) is 6.86. The number of benzene rings is 2. The third-order valence-corrected chi connectivity index (χ3v) is 3.30. The number of nitrogens with one attached hydrogen (secondary N) is 2. The first-order valence-electron chi connectivity index (χ1n) is 6.45. The second kappa shape index (κ2) is 5.90. The third kappa shape index (κ3) is 2.79. The standard InChI is InChI=1S/C15H11FN4OS/c16-12-8-6-11(7-9-12)14(21)19-20-13(17-18-15(20)22)10-4-2-1-3-5-10/h1-9H,(H,18,22)(H,19,21). The summed E-state index contributed by atoms with van der Waals surface area (Å²) in [5.41, 5.74) is 3.77. The molecule has 0 saturated carbocycles. The smallest absolute Gasteiger partial charge is 0.267 e. The summed E-state index contributed by atoms with van der Waals surface area (Å²) in [6, 6.07) is 14.6. The lowest BCUT2D eigenvalue weighted by Crippen LogP contribution is -2.23. The van der Waals surface area contributed by atoms with Crippen LogP contribution in [0.25, 0.3) is 11.4 Å². The Balaban J connectivity index is 1.93. The van der Waals surface area contributed by atoms with E-state index < -0.39 is 11.7 Å². The predicted octanol–water partition coefficient (Wildman–Crippen LogP) is 3.13. The Hall–Kier alpha value is -2.80. The van der Waals surface area contributed by atoms with Gasteiger partial charge in [-0.15, -0.1) is 0 Å². The van der Waals surface area contributed by atoms with Crippen LogP contribution in [0.15, 0.2) is 54.6 Å². The van der Waals surface area contributed by atoms with Crippen molar-refractivity contribution in [2.24, 2.45) is 0 Å². The van der Waals surface area contributed by atoms with Gasteiger partial charge in [0, 0.05) is 11.1 Å². The van der Waals surface area contributed by atoms with Gasteiger partial charge in [-0.05, 0) is 36.5 Å². The van der Waals surface area contributed by atoms with E-state index in [0.29, 0.717) is 11.4 Å². The number of amides is 1. The first-order chi connectivity index (χ1) is 10.6. The van der Waals surface area contributed by atoms with Crippen LogP contribution in [0.4, 0.5) is 4.39 Å². The topological polar surface area (TPSA) is 62.7 Å². The maximum Gasteiger partial charge on any atom is 0.270 e. The van der Waals surface area contributed by atoms with E-state index in [2.05, 4.69) is 15.6 Å². The minimum absolute atomic E-state index is 0.259. The van der Waals surface area contributed by atoms with Gasteiger partial charge in [0.15, 0.2) is 5.82 Å². The van der Waals surface area contributed by atoms with Crippen LogP contribution in [0.3, 0.4) is 0 Å². The number of carbonyl (C=O) groups is 1. The molecule has 0 saturated heterocycles. The van der Waals surface area contributed by atoms with Crippen molar-refractivity contribution in [3.63, 3.8) is 0 Å². The zero-order valence-electron chi connectivity index (χ0n) is 11.3. The molecule has 0 aliphatic heterocycles. The average Bonchev–Trinajstić information content (AvgIpc) is 2.90. The molecule has 1 aromatic heterocycles. The van der Waals surface area contributed by atoms with Gasteiger partial charge in [-0.3, -0.25) is 10.2 Å². The van der Waals surface area contributed by atoms with Gasteiger partial charge >= 0.3 is 0 Å². The maximum atomic E-state index is 12.9. The van der Waals surface area contributed by atoms with Crippen molar-refractivity contribution in [2.75, 3.05) is 5.43 Å². The van der Waals surface area contributed by atoms with Crippen LogP contribution in [0.2, 0.25) is 0 Å². The maximum absolute atomic E-state index is 12.9. The van der Waals surface area contributed by atoms with Crippen molar-refractivity contribution < 1.29 is 9.18 Å². The number of nitrogens with zero attached hydrogens (tertiary/aromatic N) is 2. The van der Waals surface area contributed by atoms with Crippen LogP contribution in [0, 0.1) is 10.6 Å². The van der Waals surface area contributed by atoms with Crippen LogP contribution in [-0.2, 0) is 0 Å². The largest absolute Gasteiger partial charge is 0.270 e. The zero-order chi connectivity index (χ0) is 15.5. The van der Waals surface area contributed by atoms with Crippen LogP contribution in [-0.4, -0.2) is 20.8 Å². The quantitative estimate of drug-likeness (QED) is 0.730. The van der Waals surface area contributed by atoms with Gasteiger partial charge in [0.05, 0.1) is 0 Å². The molecule has 3 aromatic rings. The Morgan fingerprint density at radius 2 is 1.82 bits per heavy atom. The SMILES string of the molecule is O=C(Nn1c(-c2ccccc2)n[nH]c1=S)c1ccc(F)cc1. The minimum Gasteiger partial charge on any atom is -0.267 e. The molecule has 3 rings (SSSR count). The average molecular weight is 314 g/mol. The van der Waals surface area contributed by atoms with Crippen molar-refractivity contribution >= 4 is 18.1 Å². The molecule has 0 aliphatic carbocycles. The highest BCUT2D eigenvalue weighted by Gasteiger charge is 2.12.